The zero-order valence-corrected chi connectivity index (χ0v) is 19.3. The molecule has 0 radical (unpaired) electrons. The Bertz CT molecular complexity index is 1760. The molecule has 8 heteroatoms. The molecule has 0 saturated heterocycles. The van der Waals surface area contributed by atoms with Gasteiger partial charge in [0.2, 0.25) is 0 Å². The third kappa shape index (κ3) is 3.75. The Morgan fingerprint density at radius 3 is 2.50 bits per heavy atom. The van der Waals surface area contributed by atoms with Crippen LogP contribution in [0.2, 0.25) is 0 Å². The lowest BCUT2D eigenvalue weighted by Crippen LogP contribution is -2.01. The molecule has 6 aromatic rings. The predicted octanol–water partition coefficient (Wildman–Crippen LogP) is 6.24. The highest BCUT2D eigenvalue weighted by Gasteiger charge is 2.15. The number of aromatic nitrogens is 5. The molecule has 0 bridgehead atoms. The highest BCUT2D eigenvalue weighted by molar-refractivity contribution is 6.04. The van der Waals surface area contributed by atoms with Gasteiger partial charge in [0, 0.05) is 46.0 Å². The van der Waals surface area contributed by atoms with Gasteiger partial charge in [-0.05, 0) is 61.0 Å². The summed E-state index contributed by atoms with van der Waals surface area (Å²) < 4.78 is 0. The second-order valence-corrected chi connectivity index (χ2v) is 8.31. The minimum atomic E-state index is 0.611. The molecule has 0 fully saturated rings. The summed E-state index contributed by atoms with van der Waals surface area (Å²) in [4.78, 5) is 21.2. The Kier molecular flexibility index (Phi) is 5.20. The van der Waals surface area contributed by atoms with Gasteiger partial charge in [0.25, 0.3) is 0 Å². The summed E-state index contributed by atoms with van der Waals surface area (Å²) in [6.07, 6.45) is 6.96. The van der Waals surface area contributed by atoms with E-state index in [1.807, 2.05) is 42.6 Å². The molecule has 0 saturated carbocycles. The topological polar surface area (TPSA) is 115 Å². The van der Waals surface area contributed by atoms with Crippen molar-refractivity contribution in [1.82, 2.24) is 24.9 Å². The monoisotopic (exact) mass is 468 g/mol. The SMILES string of the molecule is Cc1ccc2c(Nc3ccc(C#N)cc3)nccc2c1Nc1ncccc1-c1ncnc2[nH]ccc12. The van der Waals surface area contributed by atoms with E-state index < -0.39 is 0 Å². The van der Waals surface area contributed by atoms with Gasteiger partial charge in [-0.25, -0.2) is 19.9 Å². The molecule has 172 valence electrons. The number of hydrogen-bond acceptors (Lipinski definition) is 7. The maximum Gasteiger partial charge on any atom is 0.141 e. The van der Waals surface area contributed by atoms with E-state index in [0.29, 0.717) is 11.4 Å². The molecule has 0 aliphatic carbocycles. The molecular formula is C28H20N8. The first-order chi connectivity index (χ1) is 17.7. The second-order valence-electron chi connectivity index (χ2n) is 8.31. The van der Waals surface area contributed by atoms with E-state index in [0.717, 1.165) is 55.8 Å². The van der Waals surface area contributed by atoms with E-state index in [1.54, 1.807) is 30.9 Å². The van der Waals surface area contributed by atoms with Gasteiger partial charge in [-0.1, -0.05) is 12.1 Å². The number of nitrogens with zero attached hydrogens (tertiary/aromatic N) is 5. The summed E-state index contributed by atoms with van der Waals surface area (Å²) in [6, 6.07) is 21.4. The van der Waals surface area contributed by atoms with E-state index in [9.17, 15) is 0 Å². The average molecular weight is 469 g/mol. The van der Waals surface area contributed by atoms with Crippen molar-refractivity contribution in [2.75, 3.05) is 10.6 Å². The third-order valence-electron chi connectivity index (χ3n) is 6.09. The van der Waals surface area contributed by atoms with Crippen LogP contribution in [-0.4, -0.2) is 24.9 Å². The number of nitriles is 1. The van der Waals surface area contributed by atoms with Crippen LogP contribution in [0.5, 0.6) is 0 Å². The molecule has 36 heavy (non-hydrogen) atoms. The fourth-order valence-corrected chi connectivity index (χ4v) is 4.30. The minimum absolute atomic E-state index is 0.611. The summed E-state index contributed by atoms with van der Waals surface area (Å²) in [5, 5.41) is 18.9. The molecule has 4 aromatic heterocycles. The van der Waals surface area contributed by atoms with Crippen LogP contribution in [0.25, 0.3) is 33.1 Å². The Hall–Kier alpha value is -5.29. The maximum absolute atomic E-state index is 9.07. The van der Waals surface area contributed by atoms with E-state index in [1.165, 1.54) is 0 Å². The highest BCUT2D eigenvalue weighted by atomic mass is 15.0. The highest BCUT2D eigenvalue weighted by Crippen LogP contribution is 2.36. The van der Waals surface area contributed by atoms with Crippen molar-refractivity contribution in [2.24, 2.45) is 0 Å². The number of aromatic amines is 1. The van der Waals surface area contributed by atoms with Crippen LogP contribution in [0.15, 0.2) is 85.6 Å². The van der Waals surface area contributed by atoms with Crippen molar-refractivity contribution in [3.8, 4) is 17.3 Å². The fraction of sp³-hybridized carbons (Fsp3) is 0.0357. The lowest BCUT2D eigenvalue weighted by Gasteiger charge is -2.17. The van der Waals surface area contributed by atoms with Crippen molar-refractivity contribution in [1.29, 1.82) is 5.26 Å². The summed E-state index contributed by atoms with van der Waals surface area (Å²) in [5.41, 5.74) is 5.95. The number of anilines is 4. The van der Waals surface area contributed by atoms with E-state index in [-0.39, 0.29) is 0 Å². The average Bonchev–Trinajstić information content (AvgIpc) is 3.40. The number of nitrogens with one attached hydrogen (secondary N) is 3. The molecule has 0 atom stereocenters. The van der Waals surface area contributed by atoms with Gasteiger partial charge in [0.05, 0.1) is 23.0 Å². The van der Waals surface area contributed by atoms with Crippen LogP contribution >= 0.6 is 0 Å². The molecule has 0 unspecified atom stereocenters. The van der Waals surface area contributed by atoms with E-state index in [4.69, 9.17) is 5.26 Å². The van der Waals surface area contributed by atoms with Crippen molar-refractivity contribution in [3.05, 3.63) is 96.7 Å². The molecule has 0 aliphatic rings. The zero-order valence-electron chi connectivity index (χ0n) is 19.3. The number of H-pyrrole nitrogens is 1. The number of benzene rings is 2. The summed E-state index contributed by atoms with van der Waals surface area (Å²) in [6.45, 7) is 2.06. The Morgan fingerprint density at radius 1 is 0.778 bits per heavy atom. The standard InChI is InChI=1S/C28H20N8/c1-17-4-9-21-20(10-13-32-27(21)35-19-7-5-18(15-29)6-8-19)24(17)36-28-22(3-2-12-30-28)25-23-11-14-31-26(23)34-16-33-25/h2-14,16H,1H3,(H,30,36)(H,32,35)(H,31,33,34). The van der Waals surface area contributed by atoms with Crippen molar-refractivity contribution >= 4 is 44.8 Å². The van der Waals surface area contributed by atoms with Crippen molar-refractivity contribution in [3.63, 3.8) is 0 Å². The normalized spacial score (nSPS) is 10.9. The Morgan fingerprint density at radius 2 is 1.64 bits per heavy atom. The molecule has 3 N–H and O–H groups in total. The number of aryl methyl sites for hydroxylation is 1. The number of pyridine rings is 2. The molecule has 0 spiro atoms. The molecule has 6 rings (SSSR count). The molecular weight excluding hydrogens is 448 g/mol. The van der Waals surface area contributed by atoms with Crippen LogP contribution < -0.4 is 10.6 Å². The maximum atomic E-state index is 9.07. The summed E-state index contributed by atoms with van der Waals surface area (Å²) in [7, 11) is 0. The third-order valence-corrected chi connectivity index (χ3v) is 6.09. The smallest absolute Gasteiger partial charge is 0.141 e. The Balaban J connectivity index is 1.43. The molecule has 0 amide bonds. The first kappa shape index (κ1) is 21.3. The van der Waals surface area contributed by atoms with Crippen LogP contribution in [0.3, 0.4) is 0 Å². The second kappa shape index (κ2) is 8.81. The van der Waals surface area contributed by atoms with Gasteiger partial charge in [-0.3, -0.25) is 0 Å². The van der Waals surface area contributed by atoms with Gasteiger partial charge >= 0.3 is 0 Å². The Labute approximate surface area is 206 Å². The van der Waals surface area contributed by atoms with Crippen LogP contribution in [-0.2, 0) is 0 Å². The summed E-state index contributed by atoms with van der Waals surface area (Å²) >= 11 is 0. The zero-order chi connectivity index (χ0) is 24.5. The van der Waals surface area contributed by atoms with E-state index in [2.05, 4.69) is 60.7 Å². The molecule has 0 aliphatic heterocycles. The van der Waals surface area contributed by atoms with Crippen molar-refractivity contribution in [2.45, 2.75) is 6.92 Å². The quantitative estimate of drug-likeness (QED) is 0.274. The lowest BCUT2D eigenvalue weighted by molar-refractivity contribution is 1.19. The number of hydrogen-bond donors (Lipinski definition) is 3. The summed E-state index contributed by atoms with van der Waals surface area (Å²) in [5.74, 6) is 1.43. The molecule has 8 nitrogen and oxygen atoms in total. The van der Waals surface area contributed by atoms with Gasteiger partial charge < -0.3 is 15.6 Å². The largest absolute Gasteiger partial charge is 0.346 e. The van der Waals surface area contributed by atoms with Crippen molar-refractivity contribution < 1.29 is 0 Å². The fourth-order valence-electron chi connectivity index (χ4n) is 4.30. The number of fused-ring (bicyclic) bond motifs is 2. The number of rotatable bonds is 5. The molecule has 4 heterocycles. The van der Waals surface area contributed by atoms with Crippen LogP contribution in [0, 0.1) is 18.3 Å². The molecule has 2 aromatic carbocycles. The van der Waals surface area contributed by atoms with Gasteiger partial charge in [-0.2, -0.15) is 5.26 Å². The van der Waals surface area contributed by atoms with E-state index >= 15 is 0 Å². The predicted molar refractivity (Wildman–Crippen MR) is 141 cm³/mol. The first-order valence-electron chi connectivity index (χ1n) is 11.4. The van der Waals surface area contributed by atoms with Gasteiger partial charge in [0.1, 0.15) is 23.6 Å². The lowest BCUT2D eigenvalue weighted by atomic mass is 10.0. The van der Waals surface area contributed by atoms with Crippen LogP contribution in [0.4, 0.5) is 23.0 Å². The van der Waals surface area contributed by atoms with Gasteiger partial charge in [0.15, 0.2) is 0 Å². The minimum Gasteiger partial charge on any atom is -0.346 e. The van der Waals surface area contributed by atoms with Crippen LogP contribution in [0.1, 0.15) is 11.1 Å². The first-order valence-corrected chi connectivity index (χ1v) is 11.4. The van der Waals surface area contributed by atoms with Gasteiger partial charge in [-0.15, -0.1) is 0 Å².